The van der Waals surface area contributed by atoms with Crippen LogP contribution < -0.4 is 14.2 Å². The van der Waals surface area contributed by atoms with E-state index >= 15 is 0 Å². The minimum absolute atomic E-state index is 0.388. The summed E-state index contributed by atoms with van der Waals surface area (Å²) in [7, 11) is 4.69. The first kappa shape index (κ1) is 12.5. The highest BCUT2D eigenvalue weighted by Gasteiger charge is 2.12. The maximum absolute atomic E-state index is 8.52. The van der Waals surface area contributed by atoms with E-state index in [-0.39, 0.29) is 0 Å². The summed E-state index contributed by atoms with van der Waals surface area (Å²) in [5, 5.41) is 8.52. The van der Waals surface area contributed by atoms with Crippen LogP contribution in [0, 0.1) is 11.3 Å². The normalized spacial score (nSPS) is 9.38. The molecule has 16 heavy (non-hydrogen) atoms. The van der Waals surface area contributed by atoms with Crippen molar-refractivity contribution in [2.75, 3.05) is 27.1 Å². The zero-order valence-electron chi connectivity index (χ0n) is 9.44. The van der Waals surface area contributed by atoms with Gasteiger partial charge in [-0.05, 0) is 12.1 Å². The molecule has 0 aliphatic carbocycles. The van der Waals surface area contributed by atoms with Crippen LogP contribution in [0.4, 0.5) is 0 Å². The number of rotatable bonds is 5. The maximum atomic E-state index is 8.52. The van der Waals surface area contributed by atoms with Crippen LogP contribution in [0.25, 0.3) is 0 Å². The predicted octanol–water partition coefficient (Wildman–Crippen LogP) is 2.33. The molecule has 0 bridgehead atoms. The van der Waals surface area contributed by atoms with E-state index in [1.807, 2.05) is 12.1 Å². The molecule has 1 aromatic carbocycles. The topological polar surface area (TPSA) is 51.5 Å². The van der Waals surface area contributed by atoms with E-state index in [0.717, 1.165) is 4.90 Å². The standard InChI is InChI=1S/C11H13NO3S/c1-13-9-6-8(16-5-4-12)7-10(14-2)11(9)15-3/h6-7H,5H2,1-3H3. The molecule has 5 heteroatoms. The number of nitriles is 1. The second-order valence-electron chi connectivity index (χ2n) is 2.81. The fraction of sp³-hybridized carbons (Fsp3) is 0.364. The van der Waals surface area contributed by atoms with Crippen LogP contribution in [0.5, 0.6) is 17.2 Å². The summed E-state index contributed by atoms with van der Waals surface area (Å²) in [5.74, 6) is 2.15. The van der Waals surface area contributed by atoms with Crippen molar-refractivity contribution in [3.8, 4) is 23.3 Å². The molecule has 0 aliphatic rings. The van der Waals surface area contributed by atoms with Gasteiger partial charge >= 0.3 is 0 Å². The summed E-state index contributed by atoms with van der Waals surface area (Å²) in [6.07, 6.45) is 0. The smallest absolute Gasteiger partial charge is 0.203 e. The number of benzene rings is 1. The van der Waals surface area contributed by atoms with Gasteiger partial charge in [-0.1, -0.05) is 0 Å². The molecule has 0 heterocycles. The van der Waals surface area contributed by atoms with Gasteiger partial charge in [0, 0.05) is 4.90 Å². The lowest BCUT2D eigenvalue weighted by molar-refractivity contribution is 0.323. The van der Waals surface area contributed by atoms with Gasteiger partial charge in [0.05, 0.1) is 33.2 Å². The molecule has 0 aromatic heterocycles. The van der Waals surface area contributed by atoms with E-state index in [9.17, 15) is 0 Å². The Morgan fingerprint density at radius 3 is 2.06 bits per heavy atom. The predicted molar refractivity (Wildman–Crippen MR) is 62.4 cm³/mol. The van der Waals surface area contributed by atoms with Crippen molar-refractivity contribution >= 4 is 11.8 Å². The Bertz CT molecular complexity index is 376. The van der Waals surface area contributed by atoms with Crippen LogP contribution in [0.3, 0.4) is 0 Å². The zero-order valence-corrected chi connectivity index (χ0v) is 10.3. The van der Waals surface area contributed by atoms with Crippen molar-refractivity contribution < 1.29 is 14.2 Å². The highest BCUT2D eigenvalue weighted by Crippen LogP contribution is 2.40. The Labute approximate surface area is 99.1 Å². The first-order valence-electron chi connectivity index (χ1n) is 4.56. The van der Waals surface area contributed by atoms with E-state index < -0.39 is 0 Å². The summed E-state index contributed by atoms with van der Waals surface area (Å²) in [5.41, 5.74) is 0. The van der Waals surface area contributed by atoms with Gasteiger partial charge in [0.15, 0.2) is 11.5 Å². The van der Waals surface area contributed by atoms with Crippen LogP contribution in [0.1, 0.15) is 0 Å². The molecule has 0 saturated carbocycles. The lowest BCUT2D eigenvalue weighted by Crippen LogP contribution is -1.95. The van der Waals surface area contributed by atoms with Gasteiger partial charge in [-0.15, -0.1) is 11.8 Å². The van der Waals surface area contributed by atoms with Crippen molar-refractivity contribution in [3.05, 3.63) is 12.1 Å². The second-order valence-corrected chi connectivity index (χ2v) is 3.86. The lowest BCUT2D eigenvalue weighted by Gasteiger charge is -2.13. The van der Waals surface area contributed by atoms with Crippen molar-refractivity contribution in [1.82, 2.24) is 0 Å². The Morgan fingerprint density at radius 2 is 1.69 bits per heavy atom. The van der Waals surface area contributed by atoms with Crippen molar-refractivity contribution in [2.24, 2.45) is 0 Å². The second kappa shape index (κ2) is 6.13. The number of thioether (sulfide) groups is 1. The summed E-state index contributed by atoms with van der Waals surface area (Å²) in [6, 6.07) is 5.72. The van der Waals surface area contributed by atoms with E-state index in [1.165, 1.54) is 11.8 Å². The average molecular weight is 239 g/mol. The van der Waals surface area contributed by atoms with Gasteiger partial charge in [0.1, 0.15) is 0 Å². The van der Waals surface area contributed by atoms with Gasteiger partial charge in [0.2, 0.25) is 5.75 Å². The van der Waals surface area contributed by atoms with Gasteiger partial charge in [-0.3, -0.25) is 0 Å². The Kier molecular flexibility index (Phi) is 4.80. The molecule has 1 aromatic rings. The van der Waals surface area contributed by atoms with Gasteiger partial charge in [-0.25, -0.2) is 0 Å². The molecule has 0 atom stereocenters. The van der Waals surface area contributed by atoms with Crippen molar-refractivity contribution in [1.29, 1.82) is 5.26 Å². The SMILES string of the molecule is COc1cc(SCC#N)cc(OC)c1OC. The Balaban J connectivity index is 3.11. The van der Waals surface area contributed by atoms with Gasteiger partial charge < -0.3 is 14.2 Å². The van der Waals surface area contributed by atoms with Crippen LogP contribution in [-0.4, -0.2) is 27.1 Å². The highest BCUT2D eigenvalue weighted by atomic mass is 32.2. The summed E-state index contributed by atoms with van der Waals surface area (Å²) >= 11 is 1.42. The van der Waals surface area contributed by atoms with E-state index in [0.29, 0.717) is 23.0 Å². The summed E-state index contributed by atoms with van der Waals surface area (Å²) in [6.45, 7) is 0. The number of hydrogen-bond donors (Lipinski definition) is 0. The Hall–Kier alpha value is -1.54. The van der Waals surface area contributed by atoms with Gasteiger partial charge in [0.25, 0.3) is 0 Å². The third kappa shape index (κ3) is 2.74. The molecule has 0 spiro atoms. The minimum Gasteiger partial charge on any atom is -0.493 e. The molecule has 86 valence electrons. The monoisotopic (exact) mass is 239 g/mol. The largest absolute Gasteiger partial charge is 0.493 e. The first-order chi connectivity index (χ1) is 7.76. The van der Waals surface area contributed by atoms with Crippen LogP contribution in [0.2, 0.25) is 0 Å². The number of nitrogens with zero attached hydrogens (tertiary/aromatic N) is 1. The number of ether oxygens (including phenoxy) is 3. The molecule has 0 unspecified atom stereocenters. The molecule has 0 saturated heterocycles. The van der Waals surface area contributed by atoms with E-state index in [2.05, 4.69) is 6.07 Å². The molecule has 0 N–H and O–H groups in total. The molecule has 0 aliphatic heterocycles. The quantitative estimate of drug-likeness (QED) is 0.738. The first-order valence-corrected chi connectivity index (χ1v) is 5.55. The van der Waals surface area contributed by atoms with Crippen LogP contribution in [-0.2, 0) is 0 Å². The van der Waals surface area contributed by atoms with Crippen LogP contribution in [0.15, 0.2) is 17.0 Å². The van der Waals surface area contributed by atoms with Crippen molar-refractivity contribution in [2.45, 2.75) is 4.90 Å². The lowest BCUT2D eigenvalue weighted by atomic mass is 10.3. The zero-order chi connectivity index (χ0) is 12.0. The molecule has 0 amide bonds. The summed E-state index contributed by atoms with van der Waals surface area (Å²) < 4.78 is 15.6. The van der Waals surface area contributed by atoms with E-state index in [1.54, 1.807) is 21.3 Å². The third-order valence-corrected chi connectivity index (χ3v) is 2.78. The van der Waals surface area contributed by atoms with Gasteiger partial charge in [-0.2, -0.15) is 5.26 Å². The van der Waals surface area contributed by atoms with E-state index in [4.69, 9.17) is 19.5 Å². The summed E-state index contributed by atoms with van der Waals surface area (Å²) in [4.78, 5) is 0.913. The Morgan fingerprint density at radius 1 is 1.12 bits per heavy atom. The fourth-order valence-electron chi connectivity index (χ4n) is 1.26. The molecule has 0 radical (unpaired) electrons. The minimum atomic E-state index is 0.388. The molecule has 1 rings (SSSR count). The number of methoxy groups -OCH3 is 3. The molecular formula is C11H13NO3S. The molecule has 0 fully saturated rings. The maximum Gasteiger partial charge on any atom is 0.203 e. The molecular weight excluding hydrogens is 226 g/mol. The highest BCUT2D eigenvalue weighted by molar-refractivity contribution is 7.99. The number of hydrogen-bond acceptors (Lipinski definition) is 5. The third-order valence-electron chi connectivity index (χ3n) is 1.94. The van der Waals surface area contributed by atoms with Crippen LogP contribution >= 0.6 is 11.8 Å². The average Bonchev–Trinajstić information content (AvgIpc) is 2.34. The molecule has 4 nitrogen and oxygen atoms in total. The fourth-order valence-corrected chi connectivity index (χ4v) is 1.87. The van der Waals surface area contributed by atoms with Crippen molar-refractivity contribution in [3.63, 3.8) is 0 Å².